The lowest BCUT2D eigenvalue weighted by Crippen LogP contribution is -2.13. The van der Waals surface area contributed by atoms with E-state index in [0.717, 1.165) is 5.56 Å². The average molecular weight is 373 g/mol. The van der Waals surface area contributed by atoms with E-state index in [1.807, 2.05) is 6.92 Å². The van der Waals surface area contributed by atoms with Gasteiger partial charge in [-0.3, -0.25) is 4.72 Å². The molecule has 7 heteroatoms. The Morgan fingerprint density at radius 3 is 2.42 bits per heavy atom. The third-order valence-electron chi connectivity index (χ3n) is 3.89. The number of benzene rings is 2. The molecule has 136 valence electrons. The number of furan rings is 1. The van der Waals surface area contributed by atoms with E-state index in [9.17, 15) is 13.5 Å². The first kappa shape index (κ1) is 18.0. The van der Waals surface area contributed by atoms with Crippen LogP contribution in [0, 0.1) is 6.92 Å². The SMILES string of the molecule is COc1ccc(-c2ccc(CO)o2)c(NS(=O)(=O)c2ccc(C)cc2)c1. The maximum absolute atomic E-state index is 12.7. The fourth-order valence-corrected chi connectivity index (χ4v) is 3.55. The fourth-order valence-electron chi connectivity index (χ4n) is 2.48. The van der Waals surface area contributed by atoms with Gasteiger partial charge in [0.1, 0.15) is 23.9 Å². The number of hydrogen-bond acceptors (Lipinski definition) is 5. The van der Waals surface area contributed by atoms with Crippen molar-refractivity contribution in [3.05, 3.63) is 65.9 Å². The van der Waals surface area contributed by atoms with Gasteiger partial charge in [0, 0.05) is 11.6 Å². The molecule has 26 heavy (non-hydrogen) atoms. The van der Waals surface area contributed by atoms with Crippen LogP contribution in [0.1, 0.15) is 11.3 Å². The van der Waals surface area contributed by atoms with Crippen LogP contribution in [0.4, 0.5) is 5.69 Å². The summed E-state index contributed by atoms with van der Waals surface area (Å²) in [5, 5.41) is 9.18. The Balaban J connectivity index is 2.03. The van der Waals surface area contributed by atoms with E-state index >= 15 is 0 Å². The van der Waals surface area contributed by atoms with E-state index in [1.54, 1.807) is 54.6 Å². The molecule has 0 saturated carbocycles. The van der Waals surface area contributed by atoms with Crippen LogP contribution in [0.2, 0.25) is 0 Å². The van der Waals surface area contributed by atoms with Crippen molar-refractivity contribution < 1.29 is 22.7 Å². The van der Waals surface area contributed by atoms with E-state index in [2.05, 4.69) is 4.72 Å². The molecule has 0 spiro atoms. The van der Waals surface area contributed by atoms with Gasteiger partial charge in [0.2, 0.25) is 0 Å². The number of nitrogens with one attached hydrogen (secondary N) is 1. The molecule has 0 amide bonds. The number of aliphatic hydroxyl groups is 1. The number of anilines is 1. The van der Waals surface area contributed by atoms with Crippen molar-refractivity contribution >= 4 is 15.7 Å². The van der Waals surface area contributed by atoms with Gasteiger partial charge < -0.3 is 14.3 Å². The minimum absolute atomic E-state index is 0.160. The Labute approximate surface area is 152 Å². The highest BCUT2D eigenvalue weighted by Gasteiger charge is 2.18. The molecule has 0 bridgehead atoms. The van der Waals surface area contributed by atoms with Crippen molar-refractivity contribution in [1.29, 1.82) is 0 Å². The molecule has 3 aromatic rings. The van der Waals surface area contributed by atoms with Crippen molar-refractivity contribution in [2.75, 3.05) is 11.8 Å². The first-order chi connectivity index (χ1) is 12.4. The monoisotopic (exact) mass is 373 g/mol. The van der Waals surface area contributed by atoms with Crippen LogP contribution < -0.4 is 9.46 Å². The second-order valence-electron chi connectivity index (χ2n) is 5.75. The summed E-state index contributed by atoms with van der Waals surface area (Å²) in [6.07, 6.45) is 0. The summed E-state index contributed by atoms with van der Waals surface area (Å²) in [6, 6.07) is 14.9. The predicted molar refractivity (Wildman–Crippen MR) is 98.6 cm³/mol. The Kier molecular flexibility index (Phi) is 5.01. The molecule has 6 nitrogen and oxygen atoms in total. The molecule has 1 aromatic heterocycles. The normalized spacial score (nSPS) is 11.3. The van der Waals surface area contributed by atoms with Gasteiger partial charge in [-0.1, -0.05) is 17.7 Å². The quantitative estimate of drug-likeness (QED) is 0.690. The summed E-state index contributed by atoms with van der Waals surface area (Å²) in [6.45, 7) is 1.65. The van der Waals surface area contributed by atoms with Gasteiger partial charge in [-0.25, -0.2) is 8.42 Å². The standard InChI is InChI=1S/C19H19NO5S/c1-13-3-7-16(8-4-13)26(22,23)20-18-11-14(24-2)5-9-17(18)19-10-6-15(12-21)25-19/h3-11,20-21H,12H2,1-2H3. The molecule has 0 aliphatic heterocycles. The van der Waals surface area contributed by atoms with Gasteiger partial charge in [-0.2, -0.15) is 0 Å². The van der Waals surface area contributed by atoms with Crippen LogP contribution in [0.3, 0.4) is 0 Å². The third-order valence-corrected chi connectivity index (χ3v) is 5.27. The van der Waals surface area contributed by atoms with Gasteiger partial charge in [0.15, 0.2) is 0 Å². The van der Waals surface area contributed by atoms with Crippen LogP contribution >= 0.6 is 0 Å². The summed E-state index contributed by atoms with van der Waals surface area (Å²) in [5.41, 5.74) is 1.84. The first-order valence-corrected chi connectivity index (χ1v) is 9.39. The molecular formula is C19H19NO5S. The topological polar surface area (TPSA) is 88.8 Å². The van der Waals surface area contributed by atoms with Gasteiger partial charge in [0.05, 0.1) is 17.7 Å². The van der Waals surface area contributed by atoms with Crippen molar-refractivity contribution in [3.63, 3.8) is 0 Å². The number of ether oxygens (including phenoxy) is 1. The van der Waals surface area contributed by atoms with Crippen molar-refractivity contribution in [2.45, 2.75) is 18.4 Å². The van der Waals surface area contributed by atoms with Crippen LogP contribution in [-0.4, -0.2) is 20.6 Å². The predicted octanol–water partition coefficient (Wildman–Crippen LogP) is 3.56. The molecule has 2 aromatic carbocycles. The summed E-state index contributed by atoms with van der Waals surface area (Å²) >= 11 is 0. The number of hydrogen-bond donors (Lipinski definition) is 2. The number of rotatable bonds is 6. The highest BCUT2D eigenvalue weighted by Crippen LogP contribution is 2.34. The van der Waals surface area contributed by atoms with Gasteiger partial charge in [-0.15, -0.1) is 0 Å². The molecule has 3 rings (SSSR count). The molecule has 0 atom stereocenters. The zero-order valence-electron chi connectivity index (χ0n) is 14.4. The fraction of sp³-hybridized carbons (Fsp3) is 0.158. The highest BCUT2D eigenvalue weighted by molar-refractivity contribution is 7.92. The Morgan fingerprint density at radius 1 is 1.08 bits per heavy atom. The summed E-state index contributed by atoms with van der Waals surface area (Å²) < 4.78 is 38.8. The Morgan fingerprint density at radius 2 is 1.81 bits per heavy atom. The van der Waals surface area contributed by atoms with Gasteiger partial charge >= 0.3 is 0 Å². The molecular weight excluding hydrogens is 354 g/mol. The Hall–Kier alpha value is -2.77. The van der Waals surface area contributed by atoms with Crippen LogP contribution in [0.15, 0.2) is 63.9 Å². The van der Waals surface area contributed by atoms with Crippen LogP contribution in [-0.2, 0) is 16.6 Å². The third kappa shape index (κ3) is 3.74. The molecule has 0 unspecified atom stereocenters. The second-order valence-corrected chi connectivity index (χ2v) is 7.44. The number of methoxy groups -OCH3 is 1. The molecule has 0 aliphatic rings. The highest BCUT2D eigenvalue weighted by atomic mass is 32.2. The van der Waals surface area contributed by atoms with Crippen molar-refractivity contribution in [1.82, 2.24) is 0 Å². The molecule has 0 saturated heterocycles. The van der Waals surface area contributed by atoms with Gasteiger partial charge in [0.25, 0.3) is 10.0 Å². The first-order valence-electron chi connectivity index (χ1n) is 7.90. The molecule has 0 radical (unpaired) electrons. The largest absolute Gasteiger partial charge is 0.497 e. The van der Waals surface area contributed by atoms with E-state index in [1.165, 1.54) is 7.11 Å². The minimum atomic E-state index is -3.78. The maximum Gasteiger partial charge on any atom is 0.261 e. The molecule has 0 fully saturated rings. The summed E-state index contributed by atoms with van der Waals surface area (Å²) in [7, 11) is -2.28. The number of aryl methyl sites for hydroxylation is 1. The van der Waals surface area contributed by atoms with Gasteiger partial charge in [-0.05, 0) is 43.3 Å². The van der Waals surface area contributed by atoms with E-state index in [0.29, 0.717) is 28.5 Å². The zero-order chi connectivity index (χ0) is 18.7. The zero-order valence-corrected chi connectivity index (χ0v) is 15.2. The lowest BCUT2D eigenvalue weighted by atomic mass is 10.1. The van der Waals surface area contributed by atoms with E-state index < -0.39 is 10.0 Å². The minimum Gasteiger partial charge on any atom is -0.497 e. The summed E-state index contributed by atoms with van der Waals surface area (Å²) in [4.78, 5) is 0.160. The van der Waals surface area contributed by atoms with Crippen molar-refractivity contribution in [3.8, 4) is 17.1 Å². The van der Waals surface area contributed by atoms with Crippen LogP contribution in [0.25, 0.3) is 11.3 Å². The smallest absolute Gasteiger partial charge is 0.261 e. The maximum atomic E-state index is 12.7. The molecule has 1 heterocycles. The lowest BCUT2D eigenvalue weighted by molar-refractivity contribution is 0.248. The Bertz CT molecular complexity index is 1010. The van der Waals surface area contributed by atoms with Crippen LogP contribution in [0.5, 0.6) is 5.75 Å². The lowest BCUT2D eigenvalue weighted by Gasteiger charge is -2.13. The molecule has 2 N–H and O–H groups in total. The average Bonchev–Trinajstić information content (AvgIpc) is 3.10. The second kappa shape index (κ2) is 7.23. The van der Waals surface area contributed by atoms with E-state index in [-0.39, 0.29) is 11.5 Å². The van der Waals surface area contributed by atoms with E-state index in [4.69, 9.17) is 9.15 Å². The molecule has 0 aliphatic carbocycles. The number of aliphatic hydroxyl groups excluding tert-OH is 1. The van der Waals surface area contributed by atoms with Crippen molar-refractivity contribution in [2.24, 2.45) is 0 Å². The number of sulfonamides is 1. The summed E-state index contributed by atoms with van der Waals surface area (Å²) in [5.74, 6) is 1.34.